The van der Waals surface area contributed by atoms with Gasteiger partial charge in [-0.2, -0.15) is 0 Å². The summed E-state index contributed by atoms with van der Waals surface area (Å²) < 4.78 is 5.79. The van der Waals surface area contributed by atoms with Crippen LogP contribution in [-0.2, 0) is 17.9 Å². The number of amides is 1. The maximum atomic E-state index is 12.0. The van der Waals surface area contributed by atoms with Gasteiger partial charge in [0.25, 0.3) is 0 Å². The summed E-state index contributed by atoms with van der Waals surface area (Å²) in [4.78, 5) is 12.0. The molecule has 1 amide bonds. The van der Waals surface area contributed by atoms with E-state index in [-0.39, 0.29) is 5.91 Å². The molecule has 4 heteroatoms. The maximum absolute atomic E-state index is 12.0. The van der Waals surface area contributed by atoms with Crippen molar-refractivity contribution in [2.75, 3.05) is 13.1 Å². The molecular formula is C22H28N2O2. The highest BCUT2D eigenvalue weighted by Gasteiger charge is 2.14. The van der Waals surface area contributed by atoms with E-state index in [1.807, 2.05) is 54.6 Å². The minimum Gasteiger partial charge on any atom is -0.489 e. The van der Waals surface area contributed by atoms with E-state index in [0.29, 0.717) is 25.5 Å². The van der Waals surface area contributed by atoms with E-state index in [2.05, 4.69) is 10.6 Å². The molecule has 3 rings (SSSR count). The number of hydrogen-bond acceptors (Lipinski definition) is 3. The number of ether oxygens (including phenoxy) is 1. The van der Waals surface area contributed by atoms with Gasteiger partial charge in [0, 0.05) is 13.0 Å². The predicted molar refractivity (Wildman–Crippen MR) is 104 cm³/mol. The normalized spacial score (nSPS) is 14.8. The molecule has 2 aromatic rings. The van der Waals surface area contributed by atoms with Crippen LogP contribution in [0.5, 0.6) is 5.75 Å². The molecule has 1 saturated heterocycles. The van der Waals surface area contributed by atoms with Gasteiger partial charge in [0.15, 0.2) is 0 Å². The minimum absolute atomic E-state index is 0.146. The third-order valence-corrected chi connectivity index (χ3v) is 4.90. The molecule has 0 spiro atoms. The first kappa shape index (κ1) is 18.5. The first-order valence-corrected chi connectivity index (χ1v) is 9.53. The second-order valence-electron chi connectivity index (χ2n) is 6.93. The van der Waals surface area contributed by atoms with Gasteiger partial charge < -0.3 is 15.4 Å². The van der Waals surface area contributed by atoms with Gasteiger partial charge in [-0.25, -0.2) is 0 Å². The number of carbonyl (C=O) groups is 1. The van der Waals surface area contributed by atoms with Crippen molar-refractivity contribution in [2.24, 2.45) is 5.92 Å². The third kappa shape index (κ3) is 6.19. The molecule has 1 fully saturated rings. The van der Waals surface area contributed by atoms with Crippen LogP contribution in [0.25, 0.3) is 0 Å². The Morgan fingerprint density at radius 2 is 1.73 bits per heavy atom. The van der Waals surface area contributed by atoms with Crippen molar-refractivity contribution in [1.82, 2.24) is 10.6 Å². The van der Waals surface area contributed by atoms with Gasteiger partial charge in [0.2, 0.25) is 5.91 Å². The summed E-state index contributed by atoms with van der Waals surface area (Å²) in [6.45, 7) is 3.31. The molecule has 1 heterocycles. The fourth-order valence-electron chi connectivity index (χ4n) is 3.24. The van der Waals surface area contributed by atoms with Gasteiger partial charge in [-0.1, -0.05) is 42.5 Å². The number of piperidine rings is 1. The van der Waals surface area contributed by atoms with Gasteiger partial charge in [-0.15, -0.1) is 0 Å². The van der Waals surface area contributed by atoms with Gasteiger partial charge in [0.1, 0.15) is 12.4 Å². The molecule has 0 aliphatic carbocycles. The van der Waals surface area contributed by atoms with Crippen molar-refractivity contribution < 1.29 is 9.53 Å². The molecule has 0 atom stereocenters. The third-order valence-electron chi connectivity index (χ3n) is 4.90. The van der Waals surface area contributed by atoms with Crippen molar-refractivity contribution in [3.05, 3.63) is 65.7 Å². The lowest BCUT2D eigenvalue weighted by atomic mass is 9.93. The minimum atomic E-state index is 0.146. The quantitative estimate of drug-likeness (QED) is 0.762. The summed E-state index contributed by atoms with van der Waals surface area (Å²) in [5, 5.41) is 6.38. The zero-order chi connectivity index (χ0) is 18.0. The topological polar surface area (TPSA) is 50.4 Å². The number of hydrogen-bond donors (Lipinski definition) is 2. The summed E-state index contributed by atoms with van der Waals surface area (Å²) >= 11 is 0. The fraction of sp³-hybridized carbons (Fsp3) is 0.409. The Hall–Kier alpha value is -2.33. The Labute approximate surface area is 156 Å². The monoisotopic (exact) mass is 352 g/mol. The molecule has 1 aliphatic heterocycles. The summed E-state index contributed by atoms with van der Waals surface area (Å²) in [5.41, 5.74) is 2.24. The molecular weight excluding hydrogens is 324 g/mol. The number of rotatable bonds is 8. The highest BCUT2D eigenvalue weighted by atomic mass is 16.5. The Morgan fingerprint density at radius 3 is 2.46 bits per heavy atom. The average Bonchev–Trinajstić information content (AvgIpc) is 2.71. The maximum Gasteiger partial charge on any atom is 0.220 e. The Morgan fingerprint density at radius 1 is 1.00 bits per heavy atom. The van der Waals surface area contributed by atoms with Crippen LogP contribution in [-0.4, -0.2) is 19.0 Å². The van der Waals surface area contributed by atoms with Crippen LogP contribution in [0.1, 0.15) is 36.8 Å². The van der Waals surface area contributed by atoms with Gasteiger partial charge >= 0.3 is 0 Å². The van der Waals surface area contributed by atoms with E-state index in [1.54, 1.807) is 0 Å². The van der Waals surface area contributed by atoms with E-state index in [0.717, 1.165) is 36.4 Å². The predicted octanol–water partition coefficient (Wildman–Crippen LogP) is 3.66. The van der Waals surface area contributed by atoms with Crippen LogP contribution < -0.4 is 15.4 Å². The Balaban J connectivity index is 1.36. The lowest BCUT2D eigenvalue weighted by Gasteiger charge is -2.22. The smallest absolute Gasteiger partial charge is 0.220 e. The average molecular weight is 352 g/mol. The summed E-state index contributed by atoms with van der Waals surface area (Å²) in [6, 6.07) is 18.0. The van der Waals surface area contributed by atoms with Gasteiger partial charge in [-0.3, -0.25) is 4.79 Å². The van der Waals surface area contributed by atoms with E-state index in [9.17, 15) is 4.79 Å². The molecule has 0 saturated carbocycles. The van der Waals surface area contributed by atoms with Crippen molar-refractivity contribution in [2.45, 2.75) is 38.8 Å². The lowest BCUT2D eigenvalue weighted by Crippen LogP contribution is -2.29. The second-order valence-corrected chi connectivity index (χ2v) is 6.93. The molecule has 26 heavy (non-hydrogen) atoms. The van der Waals surface area contributed by atoms with Crippen LogP contribution in [0.2, 0.25) is 0 Å². The number of carbonyl (C=O) groups excluding carboxylic acids is 1. The SMILES string of the molecule is O=C(CCC1CCNCC1)NCc1ccc(OCc2ccccc2)cc1. The highest BCUT2D eigenvalue weighted by molar-refractivity contribution is 5.75. The lowest BCUT2D eigenvalue weighted by molar-refractivity contribution is -0.121. The number of nitrogens with one attached hydrogen (secondary N) is 2. The Kier molecular flexibility index (Phi) is 7.08. The molecule has 1 aliphatic rings. The number of benzene rings is 2. The van der Waals surface area contributed by atoms with E-state index >= 15 is 0 Å². The first-order valence-electron chi connectivity index (χ1n) is 9.53. The van der Waals surface area contributed by atoms with E-state index in [1.165, 1.54) is 12.8 Å². The van der Waals surface area contributed by atoms with Crippen LogP contribution in [0.15, 0.2) is 54.6 Å². The summed E-state index contributed by atoms with van der Waals surface area (Å²) in [7, 11) is 0. The van der Waals surface area contributed by atoms with Gasteiger partial charge in [-0.05, 0) is 61.5 Å². The second kappa shape index (κ2) is 9.97. The van der Waals surface area contributed by atoms with Gasteiger partial charge in [0.05, 0.1) is 0 Å². The van der Waals surface area contributed by atoms with Crippen LogP contribution in [0.3, 0.4) is 0 Å². The molecule has 2 aromatic carbocycles. The molecule has 0 unspecified atom stereocenters. The molecule has 0 aromatic heterocycles. The molecule has 4 nitrogen and oxygen atoms in total. The fourth-order valence-corrected chi connectivity index (χ4v) is 3.24. The van der Waals surface area contributed by atoms with Crippen LogP contribution in [0, 0.1) is 5.92 Å². The van der Waals surface area contributed by atoms with Crippen LogP contribution >= 0.6 is 0 Å². The molecule has 138 valence electrons. The molecule has 0 bridgehead atoms. The highest BCUT2D eigenvalue weighted by Crippen LogP contribution is 2.18. The van der Waals surface area contributed by atoms with E-state index in [4.69, 9.17) is 4.74 Å². The first-order chi connectivity index (χ1) is 12.8. The van der Waals surface area contributed by atoms with Crippen molar-refractivity contribution in [3.8, 4) is 5.75 Å². The van der Waals surface area contributed by atoms with Crippen LogP contribution in [0.4, 0.5) is 0 Å². The summed E-state index contributed by atoms with van der Waals surface area (Å²) in [6.07, 6.45) is 4.01. The van der Waals surface area contributed by atoms with E-state index < -0.39 is 0 Å². The summed E-state index contributed by atoms with van der Waals surface area (Å²) in [5.74, 6) is 1.69. The van der Waals surface area contributed by atoms with Crippen molar-refractivity contribution in [3.63, 3.8) is 0 Å². The standard InChI is InChI=1S/C22H28N2O2/c25-22(11-8-18-12-14-23-15-13-18)24-16-19-6-9-21(10-7-19)26-17-20-4-2-1-3-5-20/h1-7,9-10,18,23H,8,11-17H2,(H,24,25). The molecule has 0 radical (unpaired) electrons. The van der Waals surface area contributed by atoms with Crippen molar-refractivity contribution in [1.29, 1.82) is 0 Å². The zero-order valence-corrected chi connectivity index (χ0v) is 15.2. The van der Waals surface area contributed by atoms with Crippen molar-refractivity contribution >= 4 is 5.91 Å². The molecule has 2 N–H and O–H groups in total. The largest absolute Gasteiger partial charge is 0.489 e. The Bertz CT molecular complexity index is 664. The zero-order valence-electron chi connectivity index (χ0n) is 15.2.